The Morgan fingerprint density at radius 1 is 1.41 bits per heavy atom. The van der Waals surface area contributed by atoms with Gasteiger partial charge in [-0.05, 0) is 68.6 Å². The van der Waals surface area contributed by atoms with Crippen molar-refractivity contribution < 1.29 is 18.7 Å². The van der Waals surface area contributed by atoms with E-state index in [1.165, 1.54) is 17.8 Å². The Hall–Kier alpha value is -1.75. The van der Waals surface area contributed by atoms with Crippen LogP contribution in [0, 0.1) is 23.6 Å². The number of hydrogen-bond acceptors (Lipinski definition) is 4. The highest BCUT2D eigenvalue weighted by Crippen LogP contribution is 2.40. The minimum atomic E-state index is -0.359. The second kappa shape index (κ2) is 8.96. The van der Waals surface area contributed by atoms with Crippen molar-refractivity contribution in [3.8, 4) is 5.75 Å². The van der Waals surface area contributed by atoms with Crippen LogP contribution in [0.5, 0.6) is 5.75 Å². The molecule has 1 saturated carbocycles. The molecule has 0 aromatic heterocycles. The number of likely N-dealkylation sites (tertiary alicyclic amines) is 1. The molecule has 1 aromatic rings. The lowest BCUT2D eigenvalue weighted by Crippen LogP contribution is -2.41. The molecule has 0 bridgehead atoms. The topological polar surface area (TPSA) is 38.8 Å². The Kier molecular flexibility index (Phi) is 6.64. The average molecular weight is 396 g/mol. The third-order valence-corrected chi connectivity index (χ3v) is 6.22. The van der Waals surface area contributed by atoms with Gasteiger partial charge in [0.05, 0.1) is 17.7 Å². The first-order chi connectivity index (χ1) is 13.0. The summed E-state index contributed by atoms with van der Waals surface area (Å²) in [5, 5.41) is 0.311. The molecular formula is C21H27ClFNO3. The molecule has 3 rings (SSSR count). The number of carbonyl (C=O) groups is 1. The zero-order valence-corrected chi connectivity index (χ0v) is 16.5. The molecule has 2 aliphatic rings. The molecule has 1 aliphatic carbocycles. The molecule has 0 amide bonds. The third-order valence-electron chi connectivity index (χ3n) is 5.92. The molecule has 0 spiro atoms. The van der Waals surface area contributed by atoms with Crippen molar-refractivity contribution in [3.63, 3.8) is 0 Å². The maximum atomic E-state index is 13.2. The fourth-order valence-electron chi connectivity index (χ4n) is 4.10. The molecule has 27 heavy (non-hydrogen) atoms. The zero-order valence-electron chi connectivity index (χ0n) is 15.7. The molecule has 2 fully saturated rings. The summed E-state index contributed by atoms with van der Waals surface area (Å²) in [5.74, 6) is 1.60. The molecule has 1 aromatic carbocycles. The van der Waals surface area contributed by atoms with Crippen LogP contribution in [0.1, 0.15) is 32.6 Å². The van der Waals surface area contributed by atoms with Gasteiger partial charge in [-0.15, -0.1) is 0 Å². The number of piperidine rings is 1. The fraction of sp³-hybridized carbons (Fsp3) is 0.571. The van der Waals surface area contributed by atoms with Crippen molar-refractivity contribution >= 4 is 18.1 Å². The van der Waals surface area contributed by atoms with Crippen molar-refractivity contribution in [2.45, 2.75) is 38.7 Å². The molecule has 1 heterocycles. The first kappa shape index (κ1) is 20.0. The number of rotatable bonds is 8. The van der Waals surface area contributed by atoms with Gasteiger partial charge in [0.25, 0.3) is 6.47 Å². The summed E-state index contributed by atoms with van der Waals surface area (Å²) in [6.07, 6.45) is 4.19. The average Bonchev–Trinajstić information content (AvgIpc) is 2.62. The predicted molar refractivity (Wildman–Crippen MR) is 103 cm³/mol. The highest BCUT2D eigenvalue weighted by atomic mass is 35.5. The largest absolute Gasteiger partial charge is 0.489 e. The van der Waals surface area contributed by atoms with Crippen LogP contribution in [0.4, 0.5) is 4.39 Å². The lowest BCUT2D eigenvalue weighted by molar-refractivity contribution is -0.131. The minimum Gasteiger partial charge on any atom is -0.489 e. The normalized spacial score (nSPS) is 24.0. The van der Waals surface area contributed by atoms with Gasteiger partial charge in [0.2, 0.25) is 0 Å². The maximum Gasteiger partial charge on any atom is 0.293 e. The highest BCUT2D eigenvalue weighted by molar-refractivity contribution is 6.32. The Labute approximate surface area is 165 Å². The Balaban J connectivity index is 1.43. The van der Waals surface area contributed by atoms with Crippen LogP contribution < -0.4 is 4.74 Å². The van der Waals surface area contributed by atoms with Crippen LogP contribution in [0.15, 0.2) is 30.5 Å². The number of carbonyl (C=O) groups excluding carboxylic acids is 1. The third kappa shape index (κ3) is 4.95. The number of benzene rings is 1. The molecule has 6 heteroatoms. The number of ether oxygens (including phenoxy) is 2. The smallest absolute Gasteiger partial charge is 0.293 e. The molecule has 148 valence electrons. The predicted octanol–water partition coefficient (Wildman–Crippen LogP) is 4.67. The lowest BCUT2D eigenvalue weighted by atomic mass is 9.73. The van der Waals surface area contributed by atoms with Crippen molar-refractivity contribution in [1.29, 1.82) is 0 Å². The summed E-state index contributed by atoms with van der Waals surface area (Å²) in [4.78, 5) is 12.6. The first-order valence-corrected chi connectivity index (χ1v) is 9.96. The lowest BCUT2D eigenvalue weighted by Gasteiger charge is -2.43. The Bertz CT molecular complexity index is 669. The summed E-state index contributed by atoms with van der Waals surface area (Å²) in [6.45, 7) is 9.35. The second-order valence-corrected chi connectivity index (χ2v) is 8.08. The van der Waals surface area contributed by atoms with Crippen LogP contribution >= 0.6 is 11.6 Å². The summed E-state index contributed by atoms with van der Waals surface area (Å²) < 4.78 is 24.0. The fourth-order valence-corrected chi connectivity index (χ4v) is 4.31. The molecule has 1 atom stereocenters. The van der Waals surface area contributed by atoms with E-state index in [2.05, 4.69) is 18.4 Å². The summed E-state index contributed by atoms with van der Waals surface area (Å²) in [7, 11) is 0. The Morgan fingerprint density at radius 2 is 2.11 bits per heavy atom. The number of halogens is 2. The monoisotopic (exact) mass is 395 g/mol. The van der Waals surface area contributed by atoms with Crippen molar-refractivity contribution in [3.05, 3.63) is 41.3 Å². The zero-order chi connectivity index (χ0) is 19.4. The first-order valence-electron chi connectivity index (χ1n) is 9.58. The van der Waals surface area contributed by atoms with E-state index in [1.54, 1.807) is 6.07 Å². The molecule has 0 N–H and O–H groups in total. The van der Waals surface area contributed by atoms with Crippen molar-refractivity contribution in [1.82, 2.24) is 4.90 Å². The van der Waals surface area contributed by atoms with Crippen LogP contribution in [0.25, 0.3) is 0 Å². The van der Waals surface area contributed by atoms with E-state index in [-0.39, 0.29) is 11.9 Å². The van der Waals surface area contributed by atoms with E-state index in [0.29, 0.717) is 41.6 Å². The van der Waals surface area contributed by atoms with E-state index < -0.39 is 0 Å². The van der Waals surface area contributed by atoms with Crippen LogP contribution in [0.2, 0.25) is 5.02 Å². The summed E-state index contributed by atoms with van der Waals surface area (Å²) >= 11 is 6.06. The second-order valence-electron chi connectivity index (χ2n) is 7.68. The van der Waals surface area contributed by atoms with Gasteiger partial charge >= 0.3 is 0 Å². The number of hydrogen-bond donors (Lipinski definition) is 0. The van der Waals surface area contributed by atoms with Crippen molar-refractivity contribution in [2.75, 3.05) is 19.7 Å². The van der Waals surface area contributed by atoms with Crippen LogP contribution in [-0.2, 0) is 9.53 Å². The van der Waals surface area contributed by atoms with E-state index in [0.717, 1.165) is 38.8 Å². The van der Waals surface area contributed by atoms with Gasteiger partial charge in [-0.25, -0.2) is 4.39 Å². The van der Waals surface area contributed by atoms with Gasteiger partial charge in [0.1, 0.15) is 11.6 Å². The van der Waals surface area contributed by atoms with Gasteiger partial charge in [-0.3, -0.25) is 4.79 Å². The van der Waals surface area contributed by atoms with E-state index in [1.807, 2.05) is 0 Å². The summed E-state index contributed by atoms with van der Waals surface area (Å²) in [6, 6.07) is 4.24. The van der Waals surface area contributed by atoms with E-state index in [9.17, 15) is 9.18 Å². The van der Waals surface area contributed by atoms with Gasteiger partial charge in [-0.2, -0.15) is 0 Å². The molecule has 1 unspecified atom stereocenters. The van der Waals surface area contributed by atoms with E-state index >= 15 is 0 Å². The van der Waals surface area contributed by atoms with Crippen LogP contribution in [0.3, 0.4) is 0 Å². The Morgan fingerprint density at radius 3 is 2.74 bits per heavy atom. The van der Waals surface area contributed by atoms with Gasteiger partial charge in [-0.1, -0.05) is 18.2 Å². The van der Waals surface area contributed by atoms with Gasteiger partial charge in [0, 0.05) is 18.8 Å². The van der Waals surface area contributed by atoms with E-state index in [4.69, 9.17) is 21.1 Å². The molecular weight excluding hydrogens is 369 g/mol. The number of allylic oxidation sites excluding steroid dienone is 1. The SMILES string of the molecule is C=C(C1CC(COC=O)C1)N1CCC(C(C)Oc2ccc(F)cc2Cl)CC1. The van der Waals surface area contributed by atoms with Crippen LogP contribution in [-0.4, -0.2) is 37.2 Å². The maximum absolute atomic E-state index is 13.2. The minimum absolute atomic E-state index is 0.0250. The standard InChI is InChI=1S/C21H27ClFNO3/c1-14(18-9-16(10-18)12-26-13-25)24-7-5-17(6-8-24)15(2)27-21-4-3-19(23)11-20(21)22/h3-4,11,13,15-18H,1,5-10,12H2,2H3. The molecule has 4 nitrogen and oxygen atoms in total. The molecule has 0 radical (unpaired) electrons. The van der Waals surface area contributed by atoms with Crippen molar-refractivity contribution in [2.24, 2.45) is 17.8 Å². The summed E-state index contributed by atoms with van der Waals surface area (Å²) in [5.41, 5.74) is 1.21. The van der Waals surface area contributed by atoms with Gasteiger partial charge < -0.3 is 14.4 Å². The van der Waals surface area contributed by atoms with Gasteiger partial charge in [0.15, 0.2) is 0 Å². The number of nitrogens with zero attached hydrogens (tertiary/aromatic N) is 1. The quantitative estimate of drug-likeness (QED) is 0.599. The molecule has 1 saturated heterocycles. The molecule has 1 aliphatic heterocycles. The highest BCUT2D eigenvalue weighted by Gasteiger charge is 2.35.